The maximum Gasteiger partial charge on any atom is 0.335 e. The van der Waals surface area contributed by atoms with E-state index in [0.29, 0.717) is 34.3 Å². The van der Waals surface area contributed by atoms with Crippen molar-refractivity contribution in [3.63, 3.8) is 0 Å². The van der Waals surface area contributed by atoms with Gasteiger partial charge in [0.25, 0.3) is 11.8 Å². The number of nitrogens with one attached hydrogen (secondary N) is 1. The molecule has 0 aromatic heterocycles. The first-order valence-electron chi connectivity index (χ1n) is 11.1. The average molecular weight is 509 g/mol. The monoisotopic (exact) mass is 508 g/mol. The van der Waals surface area contributed by atoms with E-state index in [9.17, 15) is 18.8 Å². The summed E-state index contributed by atoms with van der Waals surface area (Å²) in [5.74, 6) is -1.08. The van der Waals surface area contributed by atoms with Crippen LogP contribution in [0.5, 0.6) is 11.5 Å². The lowest BCUT2D eigenvalue weighted by atomic mass is 10.1. The van der Waals surface area contributed by atoms with E-state index in [-0.39, 0.29) is 23.7 Å². The Bertz CT molecular complexity index is 1370. The van der Waals surface area contributed by atoms with Crippen molar-refractivity contribution >= 4 is 41.2 Å². The number of anilines is 1. The van der Waals surface area contributed by atoms with Gasteiger partial charge < -0.3 is 9.47 Å². The largest absolute Gasteiger partial charge is 0.490 e. The number of rotatable bonds is 7. The third-order valence-electron chi connectivity index (χ3n) is 5.40. The van der Waals surface area contributed by atoms with E-state index >= 15 is 0 Å². The van der Waals surface area contributed by atoms with E-state index in [1.54, 1.807) is 49.4 Å². The molecule has 1 fully saturated rings. The quantitative estimate of drug-likeness (QED) is 0.340. The third kappa shape index (κ3) is 5.39. The Morgan fingerprint density at radius 2 is 1.72 bits per heavy atom. The van der Waals surface area contributed by atoms with Gasteiger partial charge in [0.15, 0.2) is 11.5 Å². The number of imide groups is 2. The van der Waals surface area contributed by atoms with Crippen molar-refractivity contribution in [2.45, 2.75) is 20.5 Å². The molecule has 1 aliphatic rings. The van der Waals surface area contributed by atoms with Gasteiger partial charge in [-0.25, -0.2) is 14.1 Å². The van der Waals surface area contributed by atoms with Crippen LogP contribution in [0.25, 0.3) is 6.08 Å². The molecular weight excluding hydrogens is 487 g/mol. The normalized spacial score (nSPS) is 14.7. The van der Waals surface area contributed by atoms with Crippen LogP contribution in [0.3, 0.4) is 0 Å². The zero-order chi connectivity index (χ0) is 25.8. The first-order chi connectivity index (χ1) is 17.3. The Morgan fingerprint density at radius 1 is 0.972 bits per heavy atom. The molecule has 9 heteroatoms. The summed E-state index contributed by atoms with van der Waals surface area (Å²) in [6, 6.07) is 14.8. The van der Waals surface area contributed by atoms with E-state index in [1.807, 2.05) is 6.92 Å². The lowest BCUT2D eigenvalue weighted by Gasteiger charge is -2.27. The second-order valence-electron chi connectivity index (χ2n) is 7.94. The van der Waals surface area contributed by atoms with Crippen LogP contribution in [0, 0.1) is 12.7 Å². The Kier molecular flexibility index (Phi) is 7.36. The standard InChI is InChI=1S/C27H22ClFN2O5/c1-3-35-24-13-18(7-11-23(24)36-15-17-5-9-20(29)10-6-17)12-21-25(32)30-27(34)31(26(21)33)22-14-19(28)8-4-16(22)2/h4-14H,3,15H2,1-2H3,(H,30,32,34)/b21-12+. The van der Waals surface area contributed by atoms with Gasteiger partial charge in [-0.05, 0) is 73.0 Å². The molecule has 1 aliphatic heterocycles. The molecule has 4 rings (SSSR count). The second-order valence-corrected chi connectivity index (χ2v) is 8.38. The van der Waals surface area contributed by atoms with Crippen LogP contribution in [-0.2, 0) is 16.2 Å². The molecule has 0 atom stereocenters. The summed E-state index contributed by atoms with van der Waals surface area (Å²) in [4.78, 5) is 39.2. The summed E-state index contributed by atoms with van der Waals surface area (Å²) < 4.78 is 24.7. The van der Waals surface area contributed by atoms with Crippen molar-refractivity contribution in [2.75, 3.05) is 11.5 Å². The Labute approximate surface area is 212 Å². The molecular formula is C27H22ClFN2O5. The fourth-order valence-electron chi connectivity index (χ4n) is 3.61. The van der Waals surface area contributed by atoms with Crippen molar-refractivity contribution in [3.05, 3.63) is 93.8 Å². The van der Waals surface area contributed by atoms with Crippen LogP contribution in [-0.4, -0.2) is 24.5 Å². The van der Waals surface area contributed by atoms with Crippen LogP contribution in [0.1, 0.15) is 23.6 Å². The molecule has 0 radical (unpaired) electrons. The third-order valence-corrected chi connectivity index (χ3v) is 5.64. The minimum absolute atomic E-state index is 0.192. The molecule has 3 aromatic rings. The van der Waals surface area contributed by atoms with Crippen molar-refractivity contribution in [1.29, 1.82) is 0 Å². The van der Waals surface area contributed by atoms with Gasteiger partial charge in [0.05, 0.1) is 12.3 Å². The Hall–Kier alpha value is -4.17. The van der Waals surface area contributed by atoms with Crippen LogP contribution in [0.2, 0.25) is 5.02 Å². The van der Waals surface area contributed by atoms with Crippen molar-refractivity contribution in [2.24, 2.45) is 0 Å². The number of carbonyl (C=O) groups is 3. The maximum atomic E-state index is 13.2. The van der Waals surface area contributed by atoms with Gasteiger partial charge in [0.2, 0.25) is 0 Å². The van der Waals surface area contributed by atoms with Crippen LogP contribution in [0.4, 0.5) is 14.9 Å². The number of carbonyl (C=O) groups excluding carboxylic acids is 3. The molecule has 0 aliphatic carbocycles. The second kappa shape index (κ2) is 10.6. The highest BCUT2D eigenvalue weighted by Crippen LogP contribution is 2.32. The summed E-state index contributed by atoms with van der Waals surface area (Å²) >= 11 is 6.07. The predicted molar refractivity (Wildman–Crippen MR) is 134 cm³/mol. The Morgan fingerprint density at radius 3 is 2.44 bits per heavy atom. The average Bonchev–Trinajstić information content (AvgIpc) is 2.84. The number of ether oxygens (including phenoxy) is 2. The Balaban J connectivity index is 1.63. The number of halogens is 2. The first kappa shape index (κ1) is 24.9. The number of barbiturate groups is 1. The van der Waals surface area contributed by atoms with Crippen molar-refractivity contribution < 1.29 is 28.2 Å². The number of urea groups is 1. The molecule has 184 valence electrons. The van der Waals surface area contributed by atoms with Gasteiger partial charge in [-0.2, -0.15) is 0 Å². The fourth-order valence-corrected chi connectivity index (χ4v) is 3.78. The molecule has 0 unspecified atom stereocenters. The van der Waals surface area contributed by atoms with E-state index < -0.39 is 17.8 Å². The highest BCUT2D eigenvalue weighted by Gasteiger charge is 2.37. The molecule has 1 heterocycles. The van der Waals surface area contributed by atoms with E-state index in [1.165, 1.54) is 24.3 Å². The summed E-state index contributed by atoms with van der Waals surface area (Å²) in [6.07, 6.45) is 1.38. The molecule has 7 nitrogen and oxygen atoms in total. The van der Waals surface area contributed by atoms with Gasteiger partial charge in [0, 0.05) is 5.02 Å². The summed E-state index contributed by atoms with van der Waals surface area (Å²) in [6.45, 7) is 4.08. The lowest BCUT2D eigenvalue weighted by molar-refractivity contribution is -0.122. The van der Waals surface area contributed by atoms with Crippen LogP contribution < -0.4 is 19.7 Å². The molecule has 0 saturated carbocycles. The molecule has 1 saturated heterocycles. The number of aryl methyl sites for hydroxylation is 1. The van der Waals surface area contributed by atoms with Crippen molar-refractivity contribution in [3.8, 4) is 11.5 Å². The number of amides is 4. The molecule has 0 spiro atoms. The predicted octanol–water partition coefficient (Wildman–Crippen LogP) is 5.43. The number of hydrogen-bond acceptors (Lipinski definition) is 5. The first-order valence-corrected chi connectivity index (χ1v) is 11.5. The van der Waals surface area contributed by atoms with Gasteiger partial charge in [-0.15, -0.1) is 0 Å². The molecule has 3 aromatic carbocycles. The number of benzene rings is 3. The van der Waals surface area contributed by atoms with Crippen LogP contribution >= 0.6 is 11.6 Å². The van der Waals surface area contributed by atoms with Gasteiger partial charge in [-0.3, -0.25) is 14.9 Å². The maximum absolute atomic E-state index is 13.2. The summed E-state index contributed by atoms with van der Waals surface area (Å²) in [7, 11) is 0. The van der Waals surface area contributed by atoms with Crippen molar-refractivity contribution in [1.82, 2.24) is 5.32 Å². The molecule has 4 amide bonds. The lowest BCUT2D eigenvalue weighted by Crippen LogP contribution is -2.54. The molecule has 1 N–H and O–H groups in total. The smallest absolute Gasteiger partial charge is 0.335 e. The van der Waals surface area contributed by atoms with E-state index in [0.717, 1.165) is 10.5 Å². The minimum atomic E-state index is -0.855. The molecule has 36 heavy (non-hydrogen) atoms. The summed E-state index contributed by atoms with van der Waals surface area (Å²) in [5, 5.41) is 2.55. The number of hydrogen-bond donors (Lipinski definition) is 1. The minimum Gasteiger partial charge on any atom is -0.490 e. The molecule has 0 bridgehead atoms. The highest BCUT2D eigenvalue weighted by molar-refractivity contribution is 6.39. The summed E-state index contributed by atoms with van der Waals surface area (Å²) in [5.41, 5.74) is 1.95. The highest BCUT2D eigenvalue weighted by atomic mass is 35.5. The van der Waals surface area contributed by atoms with Gasteiger partial charge >= 0.3 is 6.03 Å². The zero-order valence-electron chi connectivity index (χ0n) is 19.5. The zero-order valence-corrected chi connectivity index (χ0v) is 20.3. The van der Waals surface area contributed by atoms with Gasteiger partial charge in [0.1, 0.15) is 18.0 Å². The van der Waals surface area contributed by atoms with E-state index in [4.69, 9.17) is 21.1 Å². The topological polar surface area (TPSA) is 84.9 Å². The fraction of sp³-hybridized carbons (Fsp3) is 0.148. The van der Waals surface area contributed by atoms with E-state index in [2.05, 4.69) is 5.32 Å². The number of nitrogens with zero attached hydrogens (tertiary/aromatic N) is 1. The van der Waals surface area contributed by atoms with Gasteiger partial charge in [-0.1, -0.05) is 35.9 Å². The van der Waals surface area contributed by atoms with Crippen LogP contribution in [0.15, 0.2) is 66.2 Å². The SMILES string of the molecule is CCOc1cc(/C=C2\C(=O)NC(=O)N(c3cc(Cl)ccc3C)C2=O)ccc1OCc1ccc(F)cc1.